The molecule has 0 spiro atoms. The van der Waals surface area contributed by atoms with Gasteiger partial charge in [-0.3, -0.25) is 4.98 Å². The average molecular weight is 304 g/mol. The first-order valence-corrected chi connectivity index (χ1v) is 7.61. The van der Waals surface area contributed by atoms with Crippen LogP contribution in [0.4, 0.5) is 5.95 Å². The Morgan fingerprint density at radius 3 is 2.83 bits per heavy atom. The Morgan fingerprint density at radius 1 is 1.09 bits per heavy atom. The van der Waals surface area contributed by atoms with Crippen LogP contribution in [-0.4, -0.2) is 24.7 Å². The number of hydrogen-bond acceptors (Lipinski definition) is 5. The van der Waals surface area contributed by atoms with Gasteiger partial charge >= 0.3 is 0 Å². The molecule has 114 valence electrons. The molecule has 1 N–H and O–H groups in total. The zero-order valence-corrected chi connectivity index (χ0v) is 12.8. The number of rotatable bonds is 4. The van der Waals surface area contributed by atoms with Crippen LogP contribution in [0.1, 0.15) is 12.5 Å². The first-order chi connectivity index (χ1) is 11.4. The monoisotopic (exact) mass is 304 g/mol. The maximum Gasteiger partial charge on any atom is 0.245 e. The molecule has 0 saturated carbocycles. The van der Waals surface area contributed by atoms with E-state index in [0.717, 1.165) is 34.2 Å². The van der Waals surface area contributed by atoms with Gasteiger partial charge in [-0.25, -0.2) is 0 Å². The Morgan fingerprint density at radius 2 is 2.00 bits per heavy atom. The van der Waals surface area contributed by atoms with Crippen LogP contribution in [0.2, 0.25) is 0 Å². The summed E-state index contributed by atoms with van der Waals surface area (Å²) in [6.07, 6.45) is 3.58. The van der Waals surface area contributed by atoms with E-state index in [1.165, 1.54) is 0 Å². The van der Waals surface area contributed by atoms with Crippen molar-refractivity contribution in [2.75, 3.05) is 5.32 Å². The van der Waals surface area contributed by atoms with Crippen LogP contribution < -0.4 is 5.32 Å². The second-order valence-electron chi connectivity index (χ2n) is 5.28. The molecule has 0 radical (unpaired) electrons. The number of hydrogen-bond donors (Lipinski definition) is 1. The van der Waals surface area contributed by atoms with Crippen molar-refractivity contribution in [2.45, 2.75) is 20.0 Å². The Bertz CT molecular complexity index is 961. The number of nitrogens with zero attached hydrogens (tertiary/aromatic N) is 5. The third-order valence-electron chi connectivity index (χ3n) is 3.86. The molecule has 0 aliphatic rings. The SMILES string of the molecule is CCn1c2ccccc2c2nnc(NCc3cccnc3)nc21. The Labute approximate surface area is 133 Å². The second kappa shape index (κ2) is 5.64. The summed E-state index contributed by atoms with van der Waals surface area (Å²) in [5.74, 6) is 0.527. The van der Waals surface area contributed by atoms with E-state index < -0.39 is 0 Å². The van der Waals surface area contributed by atoms with E-state index in [0.29, 0.717) is 12.5 Å². The molecular weight excluding hydrogens is 288 g/mol. The molecule has 4 aromatic rings. The molecule has 0 amide bonds. The molecule has 3 aromatic heterocycles. The van der Waals surface area contributed by atoms with Crippen LogP contribution in [0.5, 0.6) is 0 Å². The van der Waals surface area contributed by atoms with Crippen LogP contribution in [0.3, 0.4) is 0 Å². The predicted octanol–water partition coefficient (Wildman–Crippen LogP) is 3.01. The van der Waals surface area contributed by atoms with Crippen molar-refractivity contribution in [1.29, 1.82) is 0 Å². The average Bonchev–Trinajstić information content (AvgIpc) is 2.94. The van der Waals surface area contributed by atoms with Gasteiger partial charge in [-0.05, 0) is 24.6 Å². The van der Waals surface area contributed by atoms with Crippen molar-refractivity contribution in [3.05, 3.63) is 54.4 Å². The van der Waals surface area contributed by atoms with E-state index >= 15 is 0 Å². The van der Waals surface area contributed by atoms with Crippen LogP contribution in [0.25, 0.3) is 22.1 Å². The van der Waals surface area contributed by atoms with Gasteiger partial charge in [-0.15, -0.1) is 10.2 Å². The summed E-state index contributed by atoms with van der Waals surface area (Å²) < 4.78 is 2.16. The molecule has 6 nitrogen and oxygen atoms in total. The molecule has 0 aliphatic heterocycles. The minimum atomic E-state index is 0.527. The molecule has 0 aliphatic carbocycles. The molecular formula is C17H16N6. The van der Waals surface area contributed by atoms with Crippen molar-refractivity contribution >= 4 is 28.0 Å². The molecule has 0 saturated heterocycles. The Hall–Kier alpha value is -3.02. The topological polar surface area (TPSA) is 68.5 Å². The van der Waals surface area contributed by atoms with Crippen LogP contribution in [0.15, 0.2) is 48.8 Å². The normalized spacial score (nSPS) is 11.2. The van der Waals surface area contributed by atoms with Crippen molar-refractivity contribution in [3.63, 3.8) is 0 Å². The van der Waals surface area contributed by atoms with Gasteiger partial charge in [0.25, 0.3) is 0 Å². The molecule has 0 fully saturated rings. The van der Waals surface area contributed by atoms with E-state index in [-0.39, 0.29) is 0 Å². The number of fused-ring (bicyclic) bond motifs is 3. The van der Waals surface area contributed by atoms with Crippen molar-refractivity contribution in [3.8, 4) is 0 Å². The fourth-order valence-electron chi connectivity index (χ4n) is 2.78. The molecule has 0 atom stereocenters. The lowest BCUT2D eigenvalue weighted by Crippen LogP contribution is -2.06. The minimum absolute atomic E-state index is 0.527. The lowest BCUT2D eigenvalue weighted by atomic mass is 10.2. The second-order valence-corrected chi connectivity index (χ2v) is 5.28. The van der Waals surface area contributed by atoms with Crippen LogP contribution in [-0.2, 0) is 13.1 Å². The van der Waals surface area contributed by atoms with Gasteiger partial charge < -0.3 is 9.88 Å². The Balaban J connectivity index is 1.74. The quantitative estimate of drug-likeness (QED) is 0.627. The smallest absolute Gasteiger partial charge is 0.245 e. The zero-order valence-electron chi connectivity index (χ0n) is 12.8. The molecule has 3 heterocycles. The molecule has 4 rings (SSSR count). The summed E-state index contributed by atoms with van der Waals surface area (Å²) in [4.78, 5) is 8.76. The van der Waals surface area contributed by atoms with Gasteiger partial charge in [0, 0.05) is 30.9 Å². The third kappa shape index (κ3) is 2.38. The van der Waals surface area contributed by atoms with Crippen LogP contribution in [0, 0.1) is 0 Å². The summed E-state index contributed by atoms with van der Waals surface area (Å²) in [7, 11) is 0. The first-order valence-electron chi connectivity index (χ1n) is 7.61. The molecule has 6 heteroatoms. The molecule has 1 aromatic carbocycles. The zero-order chi connectivity index (χ0) is 15.6. The molecule has 23 heavy (non-hydrogen) atoms. The van der Waals surface area contributed by atoms with Gasteiger partial charge in [0.1, 0.15) is 5.52 Å². The van der Waals surface area contributed by atoms with Crippen molar-refractivity contribution in [2.24, 2.45) is 0 Å². The highest BCUT2D eigenvalue weighted by Gasteiger charge is 2.13. The number of anilines is 1. The lowest BCUT2D eigenvalue weighted by molar-refractivity contribution is 0.810. The summed E-state index contributed by atoms with van der Waals surface area (Å²) in [6, 6.07) is 12.1. The van der Waals surface area contributed by atoms with Gasteiger partial charge in [-0.2, -0.15) is 4.98 Å². The third-order valence-corrected chi connectivity index (χ3v) is 3.86. The number of pyridine rings is 1. The summed E-state index contributed by atoms with van der Waals surface area (Å²) in [5.41, 5.74) is 3.91. The maximum atomic E-state index is 4.66. The highest BCUT2D eigenvalue weighted by Crippen LogP contribution is 2.26. The number of nitrogens with one attached hydrogen (secondary N) is 1. The fraction of sp³-hybridized carbons (Fsp3) is 0.176. The number of benzene rings is 1. The minimum Gasteiger partial charge on any atom is -0.349 e. The summed E-state index contributed by atoms with van der Waals surface area (Å²) in [5, 5.41) is 12.9. The predicted molar refractivity (Wildman–Crippen MR) is 90.1 cm³/mol. The van der Waals surface area contributed by atoms with E-state index in [4.69, 9.17) is 0 Å². The van der Waals surface area contributed by atoms with E-state index in [1.54, 1.807) is 6.20 Å². The van der Waals surface area contributed by atoms with Crippen LogP contribution >= 0.6 is 0 Å². The van der Waals surface area contributed by atoms with Gasteiger partial charge in [-0.1, -0.05) is 24.3 Å². The van der Waals surface area contributed by atoms with E-state index in [1.807, 2.05) is 30.5 Å². The Kier molecular flexibility index (Phi) is 3.34. The first kappa shape index (κ1) is 13.6. The largest absolute Gasteiger partial charge is 0.349 e. The van der Waals surface area contributed by atoms with E-state index in [2.05, 4.69) is 49.1 Å². The number of aryl methyl sites for hydroxylation is 1. The number of para-hydroxylation sites is 1. The van der Waals surface area contributed by atoms with Crippen molar-refractivity contribution in [1.82, 2.24) is 24.7 Å². The highest BCUT2D eigenvalue weighted by atomic mass is 15.3. The fourth-order valence-corrected chi connectivity index (χ4v) is 2.78. The summed E-state index contributed by atoms with van der Waals surface area (Å²) >= 11 is 0. The number of aromatic nitrogens is 5. The molecule has 0 bridgehead atoms. The standard InChI is InChI=1S/C17H16N6/c1-2-23-14-8-4-3-7-13(14)15-16(23)20-17(22-21-15)19-11-12-6-5-9-18-10-12/h3-10H,2,11H2,1H3,(H,19,20,22). The maximum absolute atomic E-state index is 4.66. The lowest BCUT2D eigenvalue weighted by Gasteiger charge is -2.05. The highest BCUT2D eigenvalue weighted by molar-refractivity contribution is 6.04. The summed E-state index contributed by atoms with van der Waals surface area (Å²) in [6.45, 7) is 3.56. The van der Waals surface area contributed by atoms with Gasteiger partial charge in [0.05, 0.1) is 5.52 Å². The van der Waals surface area contributed by atoms with Crippen molar-refractivity contribution < 1.29 is 0 Å². The molecule has 0 unspecified atom stereocenters. The van der Waals surface area contributed by atoms with Gasteiger partial charge in [0.15, 0.2) is 5.65 Å². The van der Waals surface area contributed by atoms with E-state index in [9.17, 15) is 0 Å². The van der Waals surface area contributed by atoms with Gasteiger partial charge in [0.2, 0.25) is 5.95 Å².